The highest BCUT2D eigenvalue weighted by molar-refractivity contribution is 5.72. The maximum Gasteiger partial charge on any atom is 0.333 e. The van der Waals surface area contributed by atoms with E-state index >= 15 is 0 Å². The third kappa shape index (κ3) is 5.41. The van der Waals surface area contributed by atoms with Crippen LogP contribution in [0.25, 0.3) is 0 Å². The van der Waals surface area contributed by atoms with E-state index in [0.29, 0.717) is 12.2 Å². The monoisotopic (exact) mass is 328 g/mol. The number of methoxy groups -OCH3 is 1. The fraction of sp³-hybridized carbons (Fsp3) is 0.211. The lowest BCUT2D eigenvalue weighted by Crippen LogP contribution is -2.24. The summed E-state index contributed by atoms with van der Waals surface area (Å²) in [7, 11) is 1.37. The van der Waals surface area contributed by atoms with Crippen molar-refractivity contribution < 1.29 is 23.8 Å². The van der Waals surface area contributed by atoms with Gasteiger partial charge in [-0.15, -0.1) is 0 Å². The molecule has 0 aromatic heterocycles. The normalized spacial score (nSPS) is 11.2. The Hall–Kier alpha value is -2.84. The summed E-state index contributed by atoms with van der Waals surface area (Å²) < 4.78 is 23.0. The fourth-order valence-electron chi connectivity index (χ4n) is 2.00. The number of carbonyl (C=O) groups is 1. The van der Waals surface area contributed by atoms with Gasteiger partial charge in [0.15, 0.2) is 6.10 Å². The van der Waals surface area contributed by atoms with E-state index in [9.17, 15) is 9.18 Å². The number of aliphatic carboxylic acids is 1. The van der Waals surface area contributed by atoms with Crippen LogP contribution in [0.3, 0.4) is 0 Å². The van der Waals surface area contributed by atoms with Gasteiger partial charge in [0.05, 0.1) is 0 Å². The molecule has 24 heavy (non-hydrogen) atoms. The second-order valence-corrected chi connectivity index (χ2v) is 5.01. The van der Waals surface area contributed by atoms with Gasteiger partial charge in [-0.2, -0.15) is 0 Å². The van der Waals surface area contributed by atoms with E-state index in [-0.39, 0.29) is 12.4 Å². The second kappa shape index (κ2) is 8.70. The third-order valence-electron chi connectivity index (χ3n) is 3.29. The molecule has 2 aromatic carbocycles. The van der Waals surface area contributed by atoms with Crippen LogP contribution >= 0.6 is 0 Å². The van der Waals surface area contributed by atoms with Crippen LogP contribution in [-0.4, -0.2) is 30.9 Å². The van der Waals surface area contributed by atoms with Crippen molar-refractivity contribution in [3.05, 3.63) is 65.5 Å². The first-order valence-electron chi connectivity index (χ1n) is 7.30. The van der Waals surface area contributed by atoms with Crippen LogP contribution in [0, 0.1) is 17.7 Å². The van der Waals surface area contributed by atoms with E-state index in [1.807, 2.05) is 24.3 Å². The molecule has 4 nitrogen and oxygen atoms in total. The lowest BCUT2D eigenvalue weighted by molar-refractivity contribution is -0.148. The lowest BCUT2D eigenvalue weighted by Gasteiger charge is -2.09. The Kier molecular flexibility index (Phi) is 6.35. The molecule has 0 bridgehead atoms. The van der Waals surface area contributed by atoms with Gasteiger partial charge in [0.2, 0.25) is 0 Å². The Labute approximate surface area is 139 Å². The van der Waals surface area contributed by atoms with Crippen LogP contribution < -0.4 is 4.74 Å². The smallest absolute Gasteiger partial charge is 0.333 e. The van der Waals surface area contributed by atoms with E-state index in [2.05, 4.69) is 11.8 Å². The van der Waals surface area contributed by atoms with Gasteiger partial charge in [0, 0.05) is 19.1 Å². The highest BCUT2D eigenvalue weighted by atomic mass is 19.1. The number of hydrogen-bond donors (Lipinski definition) is 1. The Morgan fingerprint density at radius 2 is 1.83 bits per heavy atom. The van der Waals surface area contributed by atoms with Crippen molar-refractivity contribution in [1.82, 2.24) is 0 Å². The maximum absolute atomic E-state index is 12.8. The van der Waals surface area contributed by atoms with E-state index in [4.69, 9.17) is 14.6 Å². The van der Waals surface area contributed by atoms with Crippen molar-refractivity contribution in [2.24, 2.45) is 0 Å². The van der Waals surface area contributed by atoms with E-state index in [0.717, 1.165) is 11.1 Å². The van der Waals surface area contributed by atoms with Crippen molar-refractivity contribution in [3.8, 4) is 17.6 Å². The summed E-state index contributed by atoms with van der Waals surface area (Å²) in [4.78, 5) is 10.9. The van der Waals surface area contributed by atoms with E-state index in [1.54, 1.807) is 12.1 Å². The summed E-state index contributed by atoms with van der Waals surface area (Å²) in [5, 5.41) is 8.96. The molecule has 124 valence electrons. The zero-order chi connectivity index (χ0) is 17.4. The van der Waals surface area contributed by atoms with Gasteiger partial charge in [-0.1, -0.05) is 24.0 Å². The van der Waals surface area contributed by atoms with Crippen molar-refractivity contribution in [3.63, 3.8) is 0 Å². The van der Waals surface area contributed by atoms with Gasteiger partial charge in [-0.3, -0.25) is 0 Å². The highest BCUT2D eigenvalue weighted by Crippen LogP contribution is 2.11. The molecule has 0 unspecified atom stereocenters. The lowest BCUT2D eigenvalue weighted by atomic mass is 10.1. The molecule has 0 spiro atoms. The predicted molar refractivity (Wildman–Crippen MR) is 87.4 cm³/mol. The van der Waals surface area contributed by atoms with Gasteiger partial charge in [-0.05, 0) is 42.0 Å². The van der Waals surface area contributed by atoms with Crippen LogP contribution in [0.2, 0.25) is 0 Å². The topological polar surface area (TPSA) is 55.8 Å². The summed E-state index contributed by atoms with van der Waals surface area (Å²) in [5.41, 5.74) is 1.66. The standard InChI is InChI=1S/C19H17FO4/c1-23-18(19(21)22)13-15-6-4-14(5-7-15)3-2-12-24-17-10-8-16(20)9-11-17/h4-11,18H,12-13H2,1H3,(H,21,22)/t18-/m0/s1. The number of ether oxygens (including phenoxy) is 2. The zero-order valence-corrected chi connectivity index (χ0v) is 13.2. The Morgan fingerprint density at radius 3 is 2.42 bits per heavy atom. The molecule has 0 aliphatic rings. The van der Waals surface area contributed by atoms with Gasteiger partial charge < -0.3 is 14.6 Å². The van der Waals surface area contributed by atoms with Crippen molar-refractivity contribution in [1.29, 1.82) is 0 Å². The second-order valence-electron chi connectivity index (χ2n) is 5.01. The molecule has 0 aliphatic heterocycles. The summed E-state index contributed by atoms with van der Waals surface area (Å²) in [6.45, 7) is 0.193. The van der Waals surface area contributed by atoms with Crippen LogP contribution in [0.15, 0.2) is 48.5 Å². The van der Waals surface area contributed by atoms with Crippen LogP contribution in [0.5, 0.6) is 5.75 Å². The Bertz CT molecular complexity index is 727. The number of hydrogen-bond acceptors (Lipinski definition) is 3. The minimum Gasteiger partial charge on any atom is -0.481 e. The first kappa shape index (κ1) is 17.5. The predicted octanol–water partition coefficient (Wildman–Crippen LogP) is 2.90. The molecule has 1 N–H and O–H groups in total. The first-order chi connectivity index (χ1) is 11.6. The molecule has 2 aromatic rings. The summed E-state index contributed by atoms with van der Waals surface area (Å²) in [5.74, 6) is 5.07. The molecule has 5 heteroatoms. The van der Waals surface area contributed by atoms with Gasteiger partial charge in [0.1, 0.15) is 18.2 Å². The molecule has 0 amide bonds. The number of halogens is 1. The van der Waals surface area contributed by atoms with Crippen molar-refractivity contribution in [2.45, 2.75) is 12.5 Å². The molecule has 1 atom stereocenters. The molecule has 2 rings (SSSR count). The molecule has 0 heterocycles. The van der Waals surface area contributed by atoms with Crippen molar-refractivity contribution >= 4 is 5.97 Å². The Balaban J connectivity index is 1.87. The summed E-state index contributed by atoms with van der Waals surface area (Å²) in [6.07, 6.45) is -0.557. The SMILES string of the molecule is CO[C@@H](Cc1ccc(C#CCOc2ccc(F)cc2)cc1)C(=O)O. The Morgan fingerprint density at radius 1 is 1.17 bits per heavy atom. The first-order valence-corrected chi connectivity index (χ1v) is 7.30. The number of rotatable bonds is 6. The molecule has 0 radical (unpaired) electrons. The molecule has 0 saturated carbocycles. The van der Waals surface area contributed by atoms with Crippen LogP contribution in [0.4, 0.5) is 4.39 Å². The van der Waals surface area contributed by atoms with E-state index in [1.165, 1.54) is 19.2 Å². The summed E-state index contributed by atoms with van der Waals surface area (Å²) >= 11 is 0. The fourth-order valence-corrected chi connectivity index (χ4v) is 2.00. The van der Waals surface area contributed by atoms with Gasteiger partial charge >= 0.3 is 5.97 Å². The minimum atomic E-state index is -0.987. The number of carboxylic acid groups (broad SMARTS) is 1. The quantitative estimate of drug-likeness (QED) is 0.829. The van der Waals surface area contributed by atoms with Gasteiger partial charge in [-0.25, -0.2) is 9.18 Å². The molecular weight excluding hydrogens is 311 g/mol. The summed E-state index contributed by atoms with van der Waals surface area (Å²) in [6, 6.07) is 13.0. The molecule has 0 fully saturated rings. The highest BCUT2D eigenvalue weighted by Gasteiger charge is 2.16. The average Bonchev–Trinajstić information content (AvgIpc) is 2.59. The number of benzene rings is 2. The molecule has 0 aliphatic carbocycles. The molecule has 0 saturated heterocycles. The zero-order valence-electron chi connectivity index (χ0n) is 13.2. The largest absolute Gasteiger partial charge is 0.481 e. The maximum atomic E-state index is 12.8. The average molecular weight is 328 g/mol. The third-order valence-corrected chi connectivity index (χ3v) is 3.29. The number of carboxylic acids is 1. The van der Waals surface area contributed by atoms with Crippen LogP contribution in [-0.2, 0) is 16.0 Å². The van der Waals surface area contributed by atoms with Gasteiger partial charge in [0.25, 0.3) is 0 Å². The minimum absolute atomic E-state index is 0.193. The van der Waals surface area contributed by atoms with E-state index < -0.39 is 12.1 Å². The molecular formula is C19H17FO4. The van der Waals surface area contributed by atoms with Crippen LogP contribution in [0.1, 0.15) is 11.1 Å². The van der Waals surface area contributed by atoms with Crippen molar-refractivity contribution in [2.75, 3.05) is 13.7 Å².